The van der Waals surface area contributed by atoms with Crippen LogP contribution in [0, 0.1) is 6.92 Å². The molecule has 9 heteroatoms. The molecule has 0 spiro atoms. The molecule has 2 radical (unpaired) electrons. The van der Waals surface area contributed by atoms with Crippen LogP contribution in [0.25, 0.3) is 0 Å². The Bertz CT molecular complexity index is 895. The monoisotopic (exact) mass is 417 g/mol. The summed E-state index contributed by atoms with van der Waals surface area (Å²) in [4.78, 5) is 11.2. The molecule has 0 bridgehead atoms. The molecule has 2 aromatic carbocycles. The Morgan fingerprint density at radius 2 is 1.75 bits per heavy atom. The van der Waals surface area contributed by atoms with Gasteiger partial charge in [-0.05, 0) is 0 Å². The number of hydrogen-bond donors (Lipinski definition) is 1. The van der Waals surface area contributed by atoms with E-state index in [1.165, 1.54) is 6.07 Å². The minimum absolute atomic E-state index is 0.348. The minimum atomic E-state index is -5.62. The third-order valence-electron chi connectivity index (χ3n) is 3.19. The van der Waals surface area contributed by atoms with Crippen molar-refractivity contribution < 1.29 is 26.4 Å². The molecule has 0 atom stereocenters. The van der Waals surface area contributed by atoms with Gasteiger partial charge in [-0.3, -0.25) is 0 Å². The number of carbonyl (C=O) groups is 1. The summed E-state index contributed by atoms with van der Waals surface area (Å²) in [5.41, 5.74) is -4.75. The number of benzene rings is 2. The van der Waals surface area contributed by atoms with Crippen molar-refractivity contribution in [2.24, 2.45) is 0 Å². The fraction of sp³-hybridized carbons (Fsp3) is 0.133. The van der Waals surface area contributed by atoms with Gasteiger partial charge < -0.3 is 0 Å². The Kier molecular flexibility index (Phi) is 5.10. The van der Waals surface area contributed by atoms with E-state index in [2.05, 4.69) is 22.2 Å². The first-order chi connectivity index (χ1) is 11.0. The van der Waals surface area contributed by atoms with Gasteiger partial charge in [-0.15, -0.1) is 0 Å². The zero-order valence-electron chi connectivity index (χ0n) is 12.3. The first kappa shape index (κ1) is 18.5. The predicted molar refractivity (Wildman–Crippen MR) is 84.2 cm³/mol. The molecule has 0 aromatic heterocycles. The molecule has 0 saturated heterocycles. The molecule has 0 unspecified atom stereocenters. The van der Waals surface area contributed by atoms with Crippen LogP contribution in [-0.2, 0) is 9.84 Å². The van der Waals surface area contributed by atoms with Gasteiger partial charge in [0.1, 0.15) is 0 Å². The molecule has 0 heterocycles. The van der Waals surface area contributed by atoms with E-state index in [1.807, 2.05) is 6.92 Å². The normalized spacial score (nSPS) is 12.0. The zero-order valence-corrected chi connectivity index (χ0v) is 14.9. The number of anilines is 1. The average Bonchev–Trinajstić information content (AvgIpc) is 2.50. The number of rotatable bonds is 3. The van der Waals surface area contributed by atoms with Crippen LogP contribution in [0.15, 0.2) is 47.4 Å². The molecule has 0 fully saturated rings. The molecule has 2 rings (SSSR count). The zero-order chi connectivity index (χ0) is 18.1. The Morgan fingerprint density at radius 3 is 2.33 bits per heavy atom. The van der Waals surface area contributed by atoms with E-state index in [9.17, 15) is 26.4 Å². The molecule has 0 aliphatic rings. The van der Waals surface area contributed by atoms with E-state index in [0.717, 1.165) is 28.1 Å². The van der Waals surface area contributed by atoms with Crippen LogP contribution < -0.4 is 9.67 Å². The number of alkyl halides is 3. The molecular weight excluding hydrogens is 406 g/mol. The van der Waals surface area contributed by atoms with E-state index in [4.69, 9.17) is 0 Å². The van der Waals surface area contributed by atoms with E-state index in [1.54, 1.807) is 18.2 Å². The summed E-state index contributed by atoms with van der Waals surface area (Å²) >= 11 is 2.30. The van der Waals surface area contributed by atoms with Crippen molar-refractivity contribution in [3.05, 3.63) is 53.6 Å². The van der Waals surface area contributed by atoms with E-state index >= 15 is 0 Å². The van der Waals surface area contributed by atoms with E-state index in [-0.39, 0.29) is 0 Å². The topological polar surface area (TPSA) is 63.2 Å². The molecule has 2 aromatic rings. The standard InChI is InChI=1S/C15H11AsF3NO3S/c1-9-6-7-10(8-12(9)16)20-14(21)11-4-2-3-5-13(11)24(22,23)15(17,18)19/h2-8H,1H3,(H,20,21). The second-order valence-corrected chi connectivity index (χ2v) is 7.82. The summed E-state index contributed by atoms with van der Waals surface area (Å²) in [5, 5.41) is 2.41. The second-order valence-electron chi connectivity index (χ2n) is 4.90. The fourth-order valence-corrected chi connectivity index (χ4v) is 3.30. The van der Waals surface area contributed by atoms with Gasteiger partial charge in [-0.25, -0.2) is 0 Å². The Balaban J connectivity index is 2.43. The fourth-order valence-electron chi connectivity index (χ4n) is 1.90. The number of aryl methyl sites for hydroxylation is 1. The van der Waals surface area contributed by atoms with Crippen LogP contribution in [0.5, 0.6) is 0 Å². The van der Waals surface area contributed by atoms with Gasteiger partial charge in [-0.2, -0.15) is 0 Å². The first-order valence-corrected chi connectivity index (χ1v) is 8.97. The summed E-state index contributed by atoms with van der Waals surface area (Å²) in [7, 11) is -5.62. The summed E-state index contributed by atoms with van der Waals surface area (Å²) in [5.74, 6) is -0.936. The first-order valence-electron chi connectivity index (χ1n) is 6.55. The van der Waals surface area contributed by atoms with E-state index < -0.39 is 31.7 Å². The predicted octanol–water partition coefficient (Wildman–Crippen LogP) is 2.33. The van der Waals surface area contributed by atoms with Crippen molar-refractivity contribution in [3.63, 3.8) is 0 Å². The van der Waals surface area contributed by atoms with Crippen molar-refractivity contribution in [1.82, 2.24) is 0 Å². The summed E-state index contributed by atoms with van der Waals surface area (Å²) < 4.78 is 62.4. The van der Waals surface area contributed by atoms with Gasteiger partial charge >= 0.3 is 145 Å². The number of sulfone groups is 1. The molecule has 4 nitrogen and oxygen atoms in total. The van der Waals surface area contributed by atoms with Gasteiger partial charge in [-0.1, -0.05) is 0 Å². The number of amides is 1. The van der Waals surface area contributed by atoms with Crippen LogP contribution in [0.1, 0.15) is 15.9 Å². The maximum atomic E-state index is 12.8. The molecule has 1 amide bonds. The second kappa shape index (κ2) is 6.61. The van der Waals surface area contributed by atoms with Crippen LogP contribution >= 0.6 is 0 Å². The van der Waals surface area contributed by atoms with Crippen molar-refractivity contribution in [2.45, 2.75) is 17.3 Å². The molecule has 0 aliphatic carbocycles. The van der Waals surface area contributed by atoms with Gasteiger partial charge in [0.25, 0.3) is 0 Å². The van der Waals surface area contributed by atoms with Crippen molar-refractivity contribution >= 4 is 42.6 Å². The molecular formula is C15H11AsF3NO3S. The van der Waals surface area contributed by atoms with Crippen LogP contribution in [0.4, 0.5) is 18.9 Å². The number of nitrogens with one attached hydrogen (secondary N) is 1. The number of halogens is 3. The van der Waals surface area contributed by atoms with Crippen molar-refractivity contribution in [3.8, 4) is 0 Å². The van der Waals surface area contributed by atoms with Gasteiger partial charge in [0.2, 0.25) is 0 Å². The van der Waals surface area contributed by atoms with Crippen molar-refractivity contribution in [2.75, 3.05) is 5.32 Å². The number of hydrogen-bond acceptors (Lipinski definition) is 3. The quantitative estimate of drug-likeness (QED) is 0.780. The Hall–Kier alpha value is -1.79. The molecule has 0 aliphatic heterocycles. The third-order valence-corrected chi connectivity index (χ3v) is 5.75. The van der Waals surface area contributed by atoms with Crippen molar-refractivity contribution in [1.29, 1.82) is 0 Å². The molecule has 0 saturated carbocycles. The van der Waals surface area contributed by atoms with Crippen LogP contribution in [0.3, 0.4) is 0 Å². The Morgan fingerprint density at radius 1 is 1.12 bits per heavy atom. The van der Waals surface area contributed by atoms with Crippen LogP contribution in [0.2, 0.25) is 0 Å². The molecule has 24 heavy (non-hydrogen) atoms. The maximum absolute atomic E-state index is 12.8. The molecule has 1 N–H and O–H groups in total. The SMILES string of the molecule is Cc1ccc(NC(=O)c2ccccc2S(=O)(=O)C(F)(F)F)cc1[As]. The van der Waals surface area contributed by atoms with E-state index in [0.29, 0.717) is 5.69 Å². The Labute approximate surface area is 145 Å². The summed E-state index contributed by atoms with van der Waals surface area (Å²) in [6.45, 7) is 1.85. The molecule has 126 valence electrons. The number of carbonyl (C=O) groups excluding carboxylic acids is 1. The summed E-state index contributed by atoms with van der Waals surface area (Å²) in [6.07, 6.45) is 0. The van der Waals surface area contributed by atoms with Gasteiger partial charge in [0, 0.05) is 0 Å². The van der Waals surface area contributed by atoms with Crippen LogP contribution in [-0.4, -0.2) is 36.7 Å². The third kappa shape index (κ3) is 3.65. The van der Waals surface area contributed by atoms with Gasteiger partial charge in [0.05, 0.1) is 0 Å². The average molecular weight is 417 g/mol. The van der Waals surface area contributed by atoms with Gasteiger partial charge in [0.15, 0.2) is 0 Å². The summed E-state index contributed by atoms with van der Waals surface area (Å²) in [6, 6.07) is 9.13.